The van der Waals surface area contributed by atoms with E-state index in [9.17, 15) is 0 Å². The van der Waals surface area contributed by atoms with E-state index in [4.69, 9.17) is 15.0 Å². The van der Waals surface area contributed by atoms with Crippen LogP contribution < -0.4 is 0 Å². The molecule has 0 fully saturated rings. The monoisotopic (exact) mass is 729 g/mol. The van der Waals surface area contributed by atoms with Crippen molar-refractivity contribution >= 4 is 0 Å². The zero-order valence-electron chi connectivity index (χ0n) is 31.9. The van der Waals surface area contributed by atoms with Crippen LogP contribution in [0.15, 0.2) is 200 Å². The average Bonchev–Trinajstić information content (AvgIpc) is 3.53. The quantitative estimate of drug-likeness (QED) is 0.164. The molecule has 0 aliphatic heterocycles. The molecule has 1 aliphatic carbocycles. The SMILES string of the molecule is CC1(C)c2ccccc2-c2c(-c3nc(-c4cc(-c5ccccc5)cc(-c5ccccc5)c4)nc(-c4cc(-c5ccccc5)cc(-c5ccccc5)c4)n3)cccc21. The Labute approximate surface area is 334 Å². The van der Waals surface area contributed by atoms with Crippen molar-refractivity contribution in [1.29, 1.82) is 0 Å². The highest BCUT2D eigenvalue weighted by Crippen LogP contribution is 2.51. The Kier molecular flexibility index (Phi) is 8.49. The molecular formula is C54H39N3. The van der Waals surface area contributed by atoms with E-state index < -0.39 is 0 Å². The molecule has 270 valence electrons. The molecule has 10 rings (SSSR count). The molecule has 1 aromatic heterocycles. The van der Waals surface area contributed by atoms with Crippen molar-refractivity contribution in [2.45, 2.75) is 19.3 Å². The van der Waals surface area contributed by atoms with Crippen molar-refractivity contribution < 1.29 is 0 Å². The van der Waals surface area contributed by atoms with Crippen LogP contribution in [0.3, 0.4) is 0 Å². The molecule has 8 aromatic carbocycles. The average molecular weight is 730 g/mol. The van der Waals surface area contributed by atoms with Gasteiger partial charge in [-0.15, -0.1) is 0 Å². The van der Waals surface area contributed by atoms with Crippen LogP contribution >= 0.6 is 0 Å². The summed E-state index contributed by atoms with van der Waals surface area (Å²) in [5.41, 5.74) is 16.6. The summed E-state index contributed by atoms with van der Waals surface area (Å²) >= 11 is 0. The fourth-order valence-electron chi connectivity index (χ4n) is 8.40. The highest BCUT2D eigenvalue weighted by Gasteiger charge is 2.37. The summed E-state index contributed by atoms with van der Waals surface area (Å²) in [6.07, 6.45) is 0. The molecule has 0 saturated carbocycles. The maximum absolute atomic E-state index is 5.41. The Morgan fingerprint density at radius 2 is 0.614 bits per heavy atom. The third kappa shape index (κ3) is 6.33. The molecule has 3 heteroatoms. The molecule has 3 nitrogen and oxygen atoms in total. The van der Waals surface area contributed by atoms with Gasteiger partial charge in [0.2, 0.25) is 0 Å². The Bertz CT molecular complexity index is 2640. The number of hydrogen-bond donors (Lipinski definition) is 0. The molecule has 0 atom stereocenters. The van der Waals surface area contributed by atoms with Gasteiger partial charge in [-0.3, -0.25) is 0 Å². The second-order valence-corrected chi connectivity index (χ2v) is 15.3. The van der Waals surface area contributed by atoms with Crippen molar-refractivity contribution in [3.8, 4) is 89.8 Å². The van der Waals surface area contributed by atoms with E-state index in [0.29, 0.717) is 17.5 Å². The fourth-order valence-corrected chi connectivity index (χ4v) is 8.40. The van der Waals surface area contributed by atoms with Crippen LogP contribution in [0.25, 0.3) is 89.8 Å². The molecule has 0 radical (unpaired) electrons. The lowest BCUT2D eigenvalue weighted by atomic mass is 9.82. The van der Waals surface area contributed by atoms with Crippen LogP contribution in [0.4, 0.5) is 0 Å². The predicted octanol–water partition coefficient (Wildman–Crippen LogP) is 13.8. The topological polar surface area (TPSA) is 38.7 Å². The summed E-state index contributed by atoms with van der Waals surface area (Å²) in [6.45, 7) is 4.62. The largest absolute Gasteiger partial charge is 0.208 e. The van der Waals surface area contributed by atoms with Crippen molar-refractivity contribution in [3.05, 3.63) is 211 Å². The second-order valence-electron chi connectivity index (χ2n) is 15.3. The van der Waals surface area contributed by atoms with E-state index in [0.717, 1.165) is 61.2 Å². The minimum absolute atomic E-state index is 0.163. The zero-order valence-corrected chi connectivity index (χ0v) is 31.9. The Balaban J connectivity index is 1.25. The van der Waals surface area contributed by atoms with Gasteiger partial charge >= 0.3 is 0 Å². The van der Waals surface area contributed by atoms with Crippen LogP contribution in [0, 0.1) is 0 Å². The molecule has 0 spiro atoms. The number of fused-ring (bicyclic) bond motifs is 3. The first-order chi connectivity index (χ1) is 28.0. The molecule has 57 heavy (non-hydrogen) atoms. The molecule has 0 unspecified atom stereocenters. The summed E-state index contributed by atoms with van der Waals surface area (Å²) in [5, 5.41) is 0. The van der Waals surface area contributed by atoms with Gasteiger partial charge in [0.25, 0.3) is 0 Å². The normalized spacial score (nSPS) is 12.5. The van der Waals surface area contributed by atoms with Gasteiger partial charge in [0.05, 0.1) is 0 Å². The number of benzene rings is 8. The van der Waals surface area contributed by atoms with Gasteiger partial charge in [0.15, 0.2) is 17.5 Å². The molecule has 0 N–H and O–H groups in total. The Morgan fingerprint density at radius 3 is 1.05 bits per heavy atom. The third-order valence-corrected chi connectivity index (χ3v) is 11.3. The summed E-state index contributed by atoms with van der Waals surface area (Å²) in [5.74, 6) is 1.90. The summed E-state index contributed by atoms with van der Waals surface area (Å²) in [4.78, 5) is 16.2. The highest BCUT2D eigenvalue weighted by atomic mass is 15.0. The molecule has 1 heterocycles. The van der Waals surface area contributed by atoms with Crippen LogP contribution in [0.5, 0.6) is 0 Å². The van der Waals surface area contributed by atoms with Crippen molar-refractivity contribution in [3.63, 3.8) is 0 Å². The molecule has 0 bridgehead atoms. The van der Waals surface area contributed by atoms with E-state index in [-0.39, 0.29) is 5.41 Å². The number of nitrogens with zero attached hydrogens (tertiary/aromatic N) is 3. The van der Waals surface area contributed by atoms with Gasteiger partial charge in [-0.2, -0.15) is 0 Å². The molecule has 0 saturated heterocycles. The third-order valence-electron chi connectivity index (χ3n) is 11.3. The molecule has 0 amide bonds. The highest BCUT2D eigenvalue weighted by molar-refractivity contribution is 5.92. The maximum atomic E-state index is 5.41. The Morgan fingerprint density at radius 1 is 0.281 bits per heavy atom. The standard InChI is InChI=1S/C54H39N3/c1-54(2)48-28-16-15-26-46(48)50-47(27-17-29-49(50)54)53-56-51(44-32-40(36-18-7-3-8-19-36)30-41(33-44)37-20-9-4-10-21-37)55-52(57-53)45-34-42(38-22-11-5-12-23-38)31-43(35-45)39-24-13-6-14-25-39/h3-35H,1-2H3. The number of aromatic nitrogens is 3. The minimum Gasteiger partial charge on any atom is -0.208 e. The number of rotatable bonds is 7. The first kappa shape index (κ1) is 34.3. The Hall–Kier alpha value is -7.23. The summed E-state index contributed by atoms with van der Waals surface area (Å²) in [6, 6.07) is 70.9. The van der Waals surface area contributed by atoms with Crippen LogP contribution in [0.1, 0.15) is 25.0 Å². The van der Waals surface area contributed by atoms with Gasteiger partial charge in [-0.05, 0) is 103 Å². The summed E-state index contributed by atoms with van der Waals surface area (Å²) in [7, 11) is 0. The van der Waals surface area contributed by atoms with Crippen molar-refractivity contribution in [2.75, 3.05) is 0 Å². The van der Waals surface area contributed by atoms with Crippen LogP contribution in [0.2, 0.25) is 0 Å². The lowest BCUT2D eigenvalue weighted by Gasteiger charge is -2.21. The minimum atomic E-state index is -0.163. The summed E-state index contributed by atoms with van der Waals surface area (Å²) < 4.78 is 0. The van der Waals surface area contributed by atoms with Gasteiger partial charge in [0, 0.05) is 22.1 Å². The first-order valence-electron chi connectivity index (χ1n) is 19.5. The maximum Gasteiger partial charge on any atom is 0.164 e. The smallest absolute Gasteiger partial charge is 0.164 e. The predicted molar refractivity (Wildman–Crippen MR) is 235 cm³/mol. The van der Waals surface area contributed by atoms with Crippen LogP contribution in [-0.2, 0) is 5.41 Å². The van der Waals surface area contributed by atoms with Crippen LogP contribution in [-0.4, -0.2) is 15.0 Å². The van der Waals surface area contributed by atoms with Gasteiger partial charge in [-0.25, -0.2) is 15.0 Å². The van der Waals surface area contributed by atoms with E-state index in [1.165, 1.54) is 22.3 Å². The van der Waals surface area contributed by atoms with E-state index >= 15 is 0 Å². The second kappa shape index (κ2) is 14.1. The molecule has 1 aliphatic rings. The van der Waals surface area contributed by atoms with E-state index in [2.05, 4.69) is 214 Å². The lowest BCUT2D eigenvalue weighted by Crippen LogP contribution is -2.14. The van der Waals surface area contributed by atoms with Gasteiger partial charge in [-0.1, -0.05) is 178 Å². The van der Waals surface area contributed by atoms with Crippen molar-refractivity contribution in [1.82, 2.24) is 15.0 Å². The molecule has 9 aromatic rings. The zero-order chi connectivity index (χ0) is 38.3. The van der Waals surface area contributed by atoms with Gasteiger partial charge < -0.3 is 0 Å². The van der Waals surface area contributed by atoms with E-state index in [1.54, 1.807) is 0 Å². The van der Waals surface area contributed by atoms with Gasteiger partial charge in [0.1, 0.15) is 0 Å². The molecular weight excluding hydrogens is 691 g/mol. The van der Waals surface area contributed by atoms with Crippen molar-refractivity contribution in [2.24, 2.45) is 0 Å². The first-order valence-corrected chi connectivity index (χ1v) is 19.5. The number of hydrogen-bond acceptors (Lipinski definition) is 3. The lowest BCUT2D eigenvalue weighted by molar-refractivity contribution is 0.660. The van der Waals surface area contributed by atoms with E-state index in [1.807, 2.05) is 0 Å². The fraction of sp³-hybridized carbons (Fsp3) is 0.0556.